The smallest absolute Gasteiger partial charge is 0.254 e. The SMILES string of the molecule is COc1cc2c(cc1OC)[C@H](C(=O)Nc1ccc3c(c1)OCCO3)[C@H](c1ccc(SC)cc1)N(C)C2=O. The standard InChI is InChI=1S/C28H28N2O6S/c1-30-26(16-5-8-18(37-4)9-6-16)25(19-14-22(33-2)23(34-3)15-20(19)28(30)32)27(31)29-17-7-10-21-24(13-17)36-12-11-35-21/h5-10,13-15,25-26H,11-12H2,1-4H3,(H,29,31)/t25-,26-/m0/s1. The summed E-state index contributed by atoms with van der Waals surface area (Å²) in [5.41, 5.74) is 2.41. The molecule has 2 heterocycles. The third kappa shape index (κ3) is 4.55. The number of ether oxygens (including phenoxy) is 4. The minimum absolute atomic E-state index is 0.196. The molecule has 0 unspecified atom stereocenters. The van der Waals surface area contributed by atoms with Crippen LogP contribution in [-0.4, -0.2) is 57.5 Å². The Labute approximate surface area is 219 Å². The van der Waals surface area contributed by atoms with Crippen molar-refractivity contribution < 1.29 is 28.5 Å². The van der Waals surface area contributed by atoms with E-state index in [2.05, 4.69) is 5.32 Å². The molecule has 3 aromatic rings. The Morgan fingerprint density at radius 3 is 2.32 bits per heavy atom. The lowest BCUT2D eigenvalue weighted by atomic mass is 9.79. The Bertz CT molecular complexity index is 1340. The van der Waals surface area contributed by atoms with Crippen molar-refractivity contribution in [1.29, 1.82) is 0 Å². The number of benzene rings is 3. The summed E-state index contributed by atoms with van der Waals surface area (Å²) in [6, 6.07) is 16.1. The van der Waals surface area contributed by atoms with E-state index in [0.717, 1.165) is 10.5 Å². The summed E-state index contributed by atoms with van der Waals surface area (Å²) in [5.74, 6) is 0.925. The predicted octanol–water partition coefficient (Wildman–Crippen LogP) is 4.75. The molecule has 0 saturated heterocycles. The summed E-state index contributed by atoms with van der Waals surface area (Å²) >= 11 is 1.63. The van der Waals surface area contributed by atoms with E-state index in [9.17, 15) is 9.59 Å². The second-order valence-corrected chi connectivity index (χ2v) is 9.63. The molecule has 0 spiro atoms. The van der Waals surface area contributed by atoms with Crippen LogP contribution in [0.25, 0.3) is 0 Å². The molecule has 0 aliphatic carbocycles. The predicted molar refractivity (Wildman–Crippen MR) is 141 cm³/mol. The molecule has 0 aromatic heterocycles. The number of amides is 2. The Hall–Kier alpha value is -3.85. The third-order valence-corrected chi connectivity index (χ3v) is 7.47. The zero-order chi connectivity index (χ0) is 26.1. The number of nitrogens with zero attached hydrogens (tertiary/aromatic N) is 1. The van der Waals surface area contributed by atoms with E-state index in [1.54, 1.807) is 54.0 Å². The topological polar surface area (TPSA) is 86.3 Å². The normalized spacial score (nSPS) is 18.2. The summed E-state index contributed by atoms with van der Waals surface area (Å²) in [7, 11) is 4.77. The number of carbonyl (C=O) groups is 2. The molecule has 3 aromatic carbocycles. The molecular formula is C28H28N2O6S. The van der Waals surface area contributed by atoms with Gasteiger partial charge in [-0.05, 0) is 53.8 Å². The van der Waals surface area contributed by atoms with Gasteiger partial charge in [-0.1, -0.05) is 12.1 Å². The fourth-order valence-electron chi connectivity index (χ4n) is 4.89. The first kappa shape index (κ1) is 24.8. The number of fused-ring (bicyclic) bond motifs is 2. The van der Waals surface area contributed by atoms with Crippen molar-refractivity contribution in [3.8, 4) is 23.0 Å². The zero-order valence-corrected chi connectivity index (χ0v) is 21.9. The van der Waals surface area contributed by atoms with Crippen molar-refractivity contribution in [2.75, 3.05) is 46.1 Å². The van der Waals surface area contributed by atoms with Crippen LogP contribution in [0.5, 0.6) is 23.0 Å². The number of nitrogens with one attached hydrogen (secondary N) is 1. The van der Waals surface area contributed by atoms with Crippen LogP contribution in [0.4, 0.5) is 5.69 Å². The van der Waals surface area contributed by atoms with Crippen molar-refractivity contribution >= 4 is 29.3 Å². The molecule has 0 radical (unpaired) electrons. The molecule has 0 bridgehead atoms. The van der Waals surface area contributed by atoms with E-state index < -0.39 is 12.0 Å². The third-order valence-electron chi connectivity index (χ3n) is 6.72. The van der Waals surface area contributed by atoms with Gasteiger partial charge in [0.25, 0.3) is 5.91 Å². The van der Waals surface area contributed by atoms with Crippen molar-refractivity contribution in [3.05, 3.63) is 71.3 Å². The van der Waals surface area contributed by atoms with Crippen molar-refractivity contribution in [1.82, 2.24) is 4.90 Å². The highest BCUT2D eigenvalue weighted by atomic mass is 32.2. The number of carbonyl (C=O) groups excluding carboxylic acids is 2. The van der Waals surface area contributed by atoms with Crippen LogP contribution in [0.1, 0.15) is 33.4 Å². The monoisotopic (exact) mass is 520 g/mol. The van der Waals surface area contributed by atoms with E-state index in [1.807, 2.05) is 30.5 Å². The maximum absolute atomic E-state index is 14.0. The van der Waals surface area contributed by atoms with Gasteiger partial charge in [0.2, 0.25) is 5.91 Å². The lowest BCUT2D eigenvalue weighted by Crippen LogP contribution is -2.44. The van der Waals surface area contributed by atoms with Crippen LogP contribution in [0, 0.1) is 0 Å². The molecule has 192 valence electrons. The molecular weight excluding hydrogens is 492 g/mol. The summed E-state index contributed by atoms with van der Waals surface area (Å²) in [5, 5.41) is 3.04. The number of hydrogen-bond acceptors (Lipinski definition) is 7. The molecule has 1 N–H and O–H groups in total. The lowest BCUT2D eigenvalue weighted by molar-refractivity contribution is -0.119. The Morgan fingerprint density at radius 2 is 1.65 bits per heavy atom. The highest BCUT2D eigenvalue weighted by molar-refractivity contribution is 7.98. The molecule has 0 saturated carbocycles. The molecule has 0 fully saturated rings. The molecule has 2 aliphatic heterocycles. The van der Waals surface area contributed by atoms with Gasteiger partial charge in [0.15, 0.2) is 23.0 Å². The number of rotatable bonds is 6. The van der Waals surface area contributed by atoms with Crippen LogP contribution in [-0.2, 0) is 4.79 Å². The van der Waals surface area contributed by atoms with E-state index in [0.29, 0.717) is 53.0 Å². The average Bonchev–Trinajstić information content (AvgIpc) is 2.94. The molecule has 8 nitrogen and oxygen atoms in total. The van der Waals surface area contributed by atoms with Crippen LogP contribution in [0.3, 0.4) is 0 Å². The van der Waals surface area contributed by atoms with Crippen LogP contribution in [0.15, 0.2) is 59.5 Å². The van der Waals surface area contributed by atoms with Gasteiger partial charge in [-0.25, -0.2) is 0 Å². The quantitative estimate of drug-likeness (QED) is 0.470. The largest absolute Gasteiger partial charge is 0.493 e. The van der Waals surface area contributed by atoms with Gasteiger partial charge < -0.3 is 29.2 Å². The highest BCUT2D eigenvalue weighted by Gasteiger charge is 2.43. The van der Waals surface area contributed by atoms with Gasteiger partial charge >= 0.3 is 0 Å². The number of hydrogen-bond donors (Lipinski definition) is 1. The highest BCUT2D eigenvalue weighted by Crippen LogP contribution is 2.46. The van der Waals surface area contributed by atoms with Gasteiger partial charge in [0.05, 0.1) is 26.2 Å². The minimum atomic E-state index is -0.717. The summed E-state index contributed by atoms with van der Waals surface area (Å²) < 4.78 is 22.3. The number of methoxy groups -OCH3 is 2. The molecule has 5 rings (SSSR count). The number of thioether (sulfide) groups is 1. The fraction of sp³-hybridized carbons (Fsp3) is 0.286. The maximum Gasteiger partial charge on any atom is 0.254 e. The summed E-state index contributed by atoms with van der Waals surface area (Å²) in [4.78, 5) is 30.3. The first-order valence-electron chi connectivity index (χ1n) is 11.8. The maximum atomic E-state index is 14.0. The van der Waals surface area contributed by atoms with Gasteiger partial charge in [0.1, 0.15) is 13.2 Å². The second-order valence-electron chi connectivity index (χ2n) is 8.75. The van der Waals surface area contributed by atoms with E-state index >= 15 is 0 Å². The van der Waals surface area contributed by atoms with Gasteiger partial charge in [-0.3, -0.25) is 9.59 Å². The molecule has 37 heavy (non-hydrogen) atoms. The second kappa shape index (κ2) is 10.3. The lowest BCUT2D eigenvalue weighted by Gasteiger charge is -2.40. The van der Waals surface area contributed by atoms with Crippen LogP contribution >= 0.6 is 11.8 Å². The van der Waals surface area contributed by atoms with Crippen molar-refractivity contribution in [3.63, 3.8) is 0 Å². The number of likely N-dealkylation sites (N-methyl/N-ethyl adjacent to an activating group) is 1. The van der Waals surface area contributed by atoms with Crippen LogP contribution < -0.4 is 24.3 Å². The van der Waals surface area contributed by atoms with E-state index in [4.69, 9.17) is 18.9 Å². The minimum Gasteiger partial charge on any atom is -0.493 e. The molecule has 2 atom stereocenters. The van der Waals surface area contributed by atoms with Crippen molar-refractivity contribution in [2.45, 2.75) is 16.9 Å². The molecule has 2 amide bonds. The van der Waals surface area contributed by atoms with Crippen molar-refractivity contribution in [2.24, 2.45) is 0 Å². The first-order valence-corrected chi connectivity index (χ1v) is 13.0. The van der Waals surface area contributed by atoms with Gasteiger partial charge in [-0.2, -0.15) is 0 Å². The summed E-state index contributed by atoms with van der Waals surface area (Å²) in [6.07, 6.45) is 2.00. The van der Waals surface area contributed by atoms with Crippen LogP contribution in [0.2, 0.25) is 0 Å². The zero-order valence-electron chi connectivity index (χ0n) is 21.1. The molecule has 2 aliphatic rings. The Balaban J connectivity index is 1.60. The number of anilines is 1. The Kier molecular flexibility index (Phi) is 6.88. The molecule has 9 heteroatoms. The first-order chi connectivity index (χ1) is 17.9. The van der Waals surface area contributed by atoms with E-state index in [-0.39, 0.29) is 11.8 Å². The Morgan fingerprint density at radius 1 is 0.973 bits per heavy atom. The average molecular weight is 521 g/mol. The van der Waals surface area contributed by atoms with Gasteiger partial charge in [-0.15, -0.1) is 11.8 Å². The summed E-state index contributed by atoms with van der Waals surface area (Å²) in [6.45, 7) is 0.934. The van der Waals surface area contributed by atoms with E-state index in [1.165, 1.54) is 14.2 Å². The van der Waals surface area contributed by atoms with Gasteiger partial charge in [0, 0.05) is 29.3 Å². The fourth-order valence-corrected chi connectivity index (χ4v) is 5.30.